The number of amides is 2. The van der Waals surface area contributed by atoms with Gasteiger partial charge in [0, 0.05) is 31.9 Å². The lowest BCUT2D eigenvalue weighted by atomic mass is 9.95. The Kier molecular flexibility index (Phi) is 7.05. The number of carbonyl (C=O) groups excluding carboxylic acids is 2. The fourth-order valence-corrected chi connectivity index (χ4v) is 4.78. The molecule has 1 aliphatic carbocycles. The van der Waals surface area contributed by atoms with Crippen LogP contribution in [0.4, 0.5) is 0 Å². The number of rotatable bonds is 5. The molecule has 7 heteroatoms. The van der Waals surface area contributed by atoms with E-state index in [1.165, 1.54) is 11.0 Å². The zero-order valence-electron chi connectivity index (χ0n) is 18.7. The van der Waals surface area contributed by atoms with Crippen molar-refractivity contribution in [2.24, 2.45) is 0 Å². The molecule has 7 nitrogen and oxygen atoms in total. The van der Waals surface area contributed by atoms with Gasteiger partial charge in [0.05, 0.1) is 6.04 Å². The molecular weight excluding hydrogens is 404 g/mol. The van der Waals surface area contributed by atoms with E-state index in [0.29, 0.717) is 13.1 Å². The first kappa shape index (κ1) is 22.3. The molecule has 0 spiro atoms. The van der Waals surface area contributed by atoms with Gasteiger partial charge in [-0.25, -0.2) is 0 Å². The highest BCUT2D eigenvalue weighted by molar-refractivity contribution is 5.94. The van der Waals surface area contributed by atoms with Crippen LogP contribution >= 0.6 is 0 Å². The largest absolute Gasteiger partial charge is 0.352 e. The van der Waals surface area contributed by atoms with E-state index >= 15 is 0 Å². The molecule has 1 atom stereocenters. The van der Waals surface area contributed by atoms with Crippen molar-refractivity contribution in [3.63, 3.8) is 0 Å². The van der Waals surface area contributed by atoms with Crippen molar-refractivity contribution in [3.8, 4) is 0 Å². The molecule has 1 aromatic heterocycles. The summed E-state index contributed by atoms with van der Waals surface area (Å²) in [7, 11) is 2.04. The van der Waals surface area contributed by atoms with E-state index in [1.54, 1.807) is 23.2 Å². The van der Waals surface area contributed by atoms with E-state index in [9.17, 15) is 14.4 Å². The van der Waals surface area contributed by atoms with Gasteiger partial charge in [-0.1, -0.05) is 49.6 Å². The van der Waals surface area contributed by atoms with Crippen LogP contribution in [0.15, 0.2) is 53.5 Å². The van der Waals surface area contributed by atoms with E-state index in [-0.39, 0.29) is 36.0 Å². The molecule has 1 aliphatic heterocycles. The van der Waals surface area contributed by atoms with Crippen molar-refractivity contribution in [3.05, 3.63) is 70.1 Å². The van der Waals surface area contributed by atoms with Crippen LogP contribution in [-0.4, -0.2) is 58.9 Å². The number of hydrogen-bond donors (Lipinski definition) is 1. The summed E-state index contributed by atoms with van der Waals surface area (Å²) in [6, 6.07) is 13.2. The molecule has 1 saturated heterocycles. The molecular formula is C25H32N4O3. The number of carbonyl (C=O) groups is 2. The number of aromatic nitrogens is 1. The number of benzene rings is 1. The number of nitrogens with one attached hydrogen (secondary N) is 1. The zero-order valence-corrected chi connectivity index (χ0v) is 18.7. The first-order chi connectivity index (χ1) is 15.5. The monoisotopic (exact) mass is 436 g/mol. The quantitative estimate of drug-likeness (QED) is 0.781. The van der Waals surface area contributed by atoms with Crippen LogP contribution in [-0.2, 0) is 11.3 Å². The third-order valence-corrected chi connectivity index (χ3v) is 6.56. The van der Waals surface area contributed by atoms with Crippen LogP contribution in [0.25, 0.3) is 0 Å². The summed E-state index contributed by atoms with van der Waals surface area (Å²) >= 11 is 0. The van der Waals surface area contributed by atoms with Gasteiger partial charge >= 0.3 is 0 Å². The topological polar surface area (TPSA) is 74.7 Å². The molecule has 2 heterocycles. The van der Waals surface area contributed by atoms with Crippen molar-refractivity contribution in [2.75, 3.05) is 26.7 Å². The number of hydrogen-bond acceptors (Lipinski definition) is 4. The first-order valence-corrected chi connectivity index (χ1v) is 11.6. The minimum atomic E-state index is -0.415. The molecule has 1 saturated carbocycles. The first-order valence-electron chi connectivity index (χ1n) is 11.6. The van der Waals surface area contributed by atoms with E-state index in [0.717, 1.165) is 37.8 Å². The van der Waals surface area contributed by atoms with Gasteiger partial charge in [0.25, 0.3) is 11.5 Å². The summed E-state index contributed by atoms with van der Waals surface area (Å²) in [5.41, 5.74) is 0.751. The Morgan fingerprint density at radius 2 is 1.75 bits per heavy atom. The molecule has 170 valence electrons. The van der Waals surface area contributed by atoms with Gasteiger partial charge in [-0.3, -0.25) is 14.4 Å². The standard InChI is InChI=1S/C25H32N4O3/c1-27-15-16-29(22(17-27)19-9-4-2-5-10-19)25(32)21-13-8-14-28(24(21)31)18-23(30)26-20-11-6-3-7-12-20/h2,4-5,8-10,13-14,20,22H,3,6-7,11-12,15-18H2,1H3,(H,26,30)/t22-/m1/s1. The summed E-state index contributed by atoms with van der Waals surface area (Å²) in [5.74, 6) is -0.454. The zero-order chi connectivity index (χ0) is 22.5. The molecule has 0 unspecified atom stereocenters. The molecule has 1 aromatic carbocycles. The lowest BCUT2D eigenvalue weighted by molar-refractivity contribution is -0.122. The van der Waals surface area contributed by atoms with Crippen molar-refractivity contribution in [1.82, 2.24) is 19.7 Å². The molecule has 0 bridgehead atoms. The van der Waals surface area contributed by atoms with Crippen molar-refractivity contribution in [1.29, 1.82) is 0 Å². The number of piperazine rings is 1. The molecule has 2 aromatic rings. The van der Waals surface area contributed by atoms with Crippen molar-refractivity contribution >= 4 is 11.8 Å². The molecule has 32 heavy (non-hydrogen) atoms. The number of pyridine rings is 1. The molecule has 2 fully saturated rings. The lowest BCUT2D eigenvalue weighted by Gasteiger charge is -2.40. The fourth-order valence-electron chi connectivity index (χ4n) is 4.78. The number of likely N-dealkylation sites (N-methyl/N-ethyl adjacent to an activating group) is 1. The van der Waals surface area contributed by atoms with Crippen LogP contribution in [0.3, 0.4) is 0 Å². The number of nitrogens with zero attached hydrogens (tertiary/aromatic N) is 3. The Labute approximate surface area is 189 Å². The van der Waals surface area contributed by atoms with Crippen LogP contribution in [0.1, 0.15) is 54.1 Å². The highest BCUT2D eigenvalue weighted by atomic mass is 16.2. The van der Waals surface area contributed by atoms with Gasteiger partial charge in [-0.05, 0) is 37.6 Å². The van der Waals surface area contributed by atoms with Gasteiger partial charge in [-0.15, -0.1) is 0 Å². The van der Waals surface area contributed by atoms with E-state index in [4.69, 9.17) is 0 Å². The maximum atomic E-state index is 13.5. The molecule has 2 aliphatic rings. The Hall–Kier alpha value is -2.93. The van der Waals surface area contributed by atoms with Crippen LogP contribution < -0.4 is 10.9 Å². The highest BCUT2D eigenvalue weighted by Gasteiger charge is 2.32. The Balaban J connectivity index is 1.52. The maximum absolute atomic E-state index is 13.5. The van der Waals surface area contributed by atoms with Gasteiger partial charge in [0.15, 0.2) is 0 Å². The second-order valence-electron chi connectivity index (χ2n) is 8.94. The average molecular weight is 437 g/mol. The Morgan fingerprint density at radius 1 is 1.00 bits per heavy atom. The van der Waals surface area contributed by atoms with E-state index in [2.05, 4.69) is 10.2 Å². The maximum Gasteiger partial charge on any atom is 0.263 e. The summed E-state index contributed by atoms with van der Waals surface area (Å²) in [4.78, 5) is 43.1. The third-order valence-electron chi connectivity index (χ3n) is 6.56. The van der Waals surface area contributed by atoms with Gasteiger partial charge in [0.2, 0.25) is 5.91 Å². The van der Waals surface area contributed by atoms with Gasteiger partial charge < -0.3 is 19.7 Å². The van der Waals surface area contributed by atoms with Crippen LogP contribution in [0.5, 0.6) is 0 Å². The Bertz CT molecular complexity index is 998. The van der Waals surface area contributed by atoms with Crippen LogP contribution in [0, 0.1) is 0 Å². The lowest BCUT2D eigenvalue weighted by Crippen LogP contribution is -2.50. The SMILES string of the molecule is CN1CCN(C(=O)c2cccn(CC(=O)NC3CCCCC3)c2=O)[C@@H](c2ccccc2)C1. The normalized spacial score (nSPS) is 20.2. The predicted molar refractivity (Wildman–Crippen MR) is 123 cm³/mol. The summed E-state index contributed by atoms with van der Waals surface area (Å²) in [6.07, 6.45) is 7.03. The average Bonchev–Trinajstić information content (AvgIpc) is 2.81. The highest BCUT2D eigenvalue weighted by Crippen LogP contribution is 2.26. The molecule has 0 radical (unpaired) electrons. The van der Waals surface area contributed by atoms with E-state index < -0.39 is 5.56 Å². The van der Waals surface area contributed by atoms with Crippen molar-refractivity contribution < 1.29 is 9.59 Å². The summed E-state index contributed by atoms with van der Waals surface area (Å²) in [5, 5.41) is 3.04. The summed E-state index contributed by atoms with van der Waals surface area (Å²) < 4.78 is 1.35. The minimum Gasteiger partial charge on any atom is -0.352 e. The van der Waals surface area contributed by atoms with Gasteiger partial charge in [-0.2, -0.15) is 0 Å². The third kappa shape index (κ3) is 5.10. The molecule has 1 N–H and O–H groups in total. The molecule has 2 amide bonds. The van der Waals surface area contributed by atoms with Gasteiger partial charge in [0.1, 0.15) is 12.1 Å². The summed E-state index contributed by atoms with van der Waals surface area (Å²) in [6.45, 7) is 1.94. The second-order valence-corrected chi connectivity index (χ2v) is 8.94. The smallest absolute Gasteiger partial charge is 0.263 e. The van der Waals surface area contributed by atoms with Crippen LogP contribution in [0.2, 0.25) is 0 Å². The van der Waals surface area contributed by atoms with Crippen molar-refractivity contribution in [2.45, 2.75) is 50.7 Å². The fraction of sp³-hybridized carbons (Fsp3) is 0.480. The Morgan fingerprint density at radius 3 is 2.50 bits per heavy atom. The predicted octanol–water partition coefficient (Wildman–Crippen LogP) is 2.43. The minimum absolute atomic E-state index is 0.0681. The van der Waals surface area contributed by atoms with E-state index in [1.807, 2.05) is 37.4 Å². The molecule has 4 rings (SSSR count). The second kappa shape index (κ2) is 10.1.